The van der Waals surface area contributed by atoms with Gasteiger partial charge in [0.2, 0.25) is 0 Å². The van der Waals surface area contributed by atoms with Crippen molar-refractivity contribution in [3.8, 4) is 0 Å². The molecule has 184 valence electrons. The molecule has 4 unspecified atom stereocenters. The van der Waals surface area contributed by atoms with Gasteiger partial charge in [-0.3, -0.25) is 4.79 Å². The molecule has 0 amide bonds. The second kappa shape index (κ2) is 9.32. The number of rotatable bonds is 6. The van der Waals surface area contributed by atoms with Crippen molar-refractivity contribution >= 4 is 11.8 Å². The number of allylic oxidation sites excluding steroid dienone is 1. The zero-order valence-corrected chi connectivity index (χ0v) is 21.3. The van der Waals surface area contributed by atoms with Gasteiger partial charge in [0.1, 0.15) is 0 Å². The van der Waals surface area contributed by atoms with Gasteiger partial charge in [-0.15, -0.1) is 0 Å². The van der Waals surface area contributed by atoms with Gasteiger partial charge in [-0.05, 0) is 91.9 Å². The molecule has 3 fully saturated rings. The molecule has 0 heterocycles. The van der Waals surface area contributed by atoms with Gasteiger partial charge in [-0.2, -0.15) is 0 Å². The Kier molecular flexibility index (Phi) is 6.98. The first-order chi connectivity index (χ1) is 15.7. The maximum absolute atomic E-state index is 12.4. The van der Waals surface area contributed by atoms with E-state index in [-0.39, 0.29) is 34.6 Å². The van der Waals surface area contributed by atoms with Crippen LogP contribution in [0.25, 0.3) is 0 Å². The molecule has 0 bridgehead atoms. The molecule has 9 atom stereocenters. The van der Waals surface area contributed by atoms with Crippen molar-refractivity contribution in [2.24, 2.45) is 46.3 Å². The summed E-state index contributed by atoms with van der Waals surface area (Å²) in [4.78, 5) is 24.3. The predicted molar refractivity (Wildman–Crippen MR) is 130 cm³/mol. The van der Waals surface area contributed by atoms with Crippen molar-refractivity contribution in [1.82, 2.24) is 0 Å². The number of aliphatic hydroxyl groups excluding tert-OH is 1. The molecule has 4 aliphatic rings. The molecule has 0 aromatic rings. The van der Waals surface area contributed by atoms with E-state index in [1.807, 2.05) is 13.0 Å². The van der Waals surface area contributed by atoms with Crippen molar-refractivity contribution in [2.45, 2.75) is 92.1 Å². The van der Waals surface area contributed by atoms with Crippen LogP contribution in [0.2, 0.25) is 0 Å². The number of fused-ring (bicyclic) bond motifs is 5. The Balaban J connectivity index is 1.63. The van der Waals surface area contributed by atoms with Crippen LogP contribution in [-0.2, 0) is 14.3 Å². The Morgan fingerprint density at radius 3 is 2.67 bits per heavy atom. The highest BCUT2D eigenvalue weighted by Gasteiger charge is 2.63. The number of carbonyl (C=O) groups excluding carboxylic acids is 2. The minimum Gasteiger partial charge on any atom is -0.463 e. The summed E-state index contributed by atoms with van der Waals surface area (Å²) in [5, 5.41) is 11.8. The Bertz CT molecular complexity index is 827. The summed E-state index contributed by atoms with van der Waals surface area (Å²) >= 11 is 0. The predicted octanol–water partition coefficient (Wildman–Crippen LogP) is 5.89. The van der Waals surface area contributed by atoms with Crippen LogP contribution >= 0.6 is 0 Å². The zero-order chi connectivity index (χ0) is 24.0. The van der Waals surface area contributed by atoms with E-state index in [0.29, 0.717) is 42.6 Å². The zero-order valence-electron chi connectivity index (χ0n) is 21.3. The molecule has 4 heteroatoms. The molecule has 3 saturated carbocycles. The summed E-state index contributed by atoms with van der Waals surface area (Å²) in [6.07, 6.45) is 13.4. The number of hydrogen-bond donors (Lipinski definition) is 1. The molecular formula is C29H44O4. The van der Waals surface area contributed by atoms with Crippen LogP contribution < -0.4 is 0 Å². The molecule has 4 nitrogen and oxygen atoms in total. The molecule has 0 radical (unpaired) electrons. The Morgan fingerprint density at radius 1 is 1.21 bits per heavy atom. The van der Waals surface area contributed by atoms with E-state index in [1.54, 1.807) is 6.08 Å². The van der Waals surface area contributed by atoms with E-state index in [2.05, 4.69) is 33.8 Å². The summed E-state index contributed by atoms with van der Waals surface area (Å²) in [5.41, 5.74) is 1.49. The lowest BCUT2D eigenvalue weighted by Gasteiger charge is -2.62. The van der Waals surface area contributed by atoms with Crippen LogP contribution in [-0.4, -0.2) is 29.6 Å². The Hall–Kier alpha value is -1.42. The standard InChI is InChI=1S/C29H44O4/c1-6-8-20-24-17-19(30)13-15-29(24,5)23-14-16-28(4)21(10-11-22(28)26(23)27(20)32)18(3)9-12-25(31)33-7-2/h9,12,17-18,20-23,26-27,32H,6-8,10-11,13-16H2,1-5H3/b12-9+/t18-,20+,21?,22?,23?,26?,27-,28-,29-/m1/s1. The lowest BCUT2D eigenvalue weighted by atomic mass is 9.43. The molecule has 0 aromatic carbocycles. The third kappa shape index (κ3) is 4.05. The fraction of sp³-hybridized carbons (Fsp3) is 0.793. The fourth-order valence-corrected chi connectivity index (χ4v) is 8.83. The largest absolute Gasteiger partial charge is 0.463 e. The van der Waals surface area contributed by atoms with Crippen LogP contribution in [0.5, 0.6) is 0 Å². The van der Waals surface area contributed by atoms with E-state index in [9.17, 15) is 14.7 Å². The average Bonchev–Trinajstić information content (AvgIpc) is 3.13. The smallest absolute Gasteiger partial charge is 0.330 e. The van der Waals surface area contributed by atoms with E-state index in [1.165, 1.54) is 12.0 Å². The van der Waals surface area contributed by atoms with Gasteiger partial charge < -0.3 is 9.84 Å². The van der Waals surface area contributed by atoms with Gasteiger partial charge in [0, 0.05) is 18.4 Å². The van der Waals surface area contributed by atoms with E-state index < -0.39 is 0 Å². The van der Waals surface area contributed by atoms with Crippen molar-refractivity contribution < 1.29 is 19.4 Å². The quantitative estimate of drug-likeness (QED) is 0.400. The number of carbonyl (C=O) groups is 2. The van der Waals surface area contributed by atoms with Crippen molar-refractivity contribution in [2.75, 3.05) is 6.61 Å². The summed E-state index contributed by atoms with van der Waals surface area (Å²) in [6, 6.07) is 0. The molecule has 1 N–H and O–H groups in total. The Labute approximate surface area is 200 Å². The van der Waals surface area contributed by atoms with Crippen LogP contribution in [0.15, 0.2) is 23.8 Å². The minimum absolute atomic E-state index is 0.0481. The fourth-order valence-electron chi connectivity index (χ4n) is 8.83. The van der Waals surface area contributed by atoms with E-state index >= 15 is 0 Å². The van der Waals surface area contributed by atoms with Crippen LogP contribution in [0.4, 0.5) is 0 Å². The molecule has 4 rings (SSSR count). The first kappa shape index (κ1) is 24.7. The minimum atomic E-state index is -0.353. The van der Waals surface area contributed by atoms with Gasteiger partial charge in [0.25, 0.3) is 0 Å². The Morgan fingerprint density at radius 2 is 1.97 bits per heavy atom. The number of esters is 1. The summed E-state index contributed by atoms with van der Waals surface area (Å²) in [5.74, 6) is 2.22. The lowest BCUT2D eigenvalue weighted by Crippen LogP contribution is -2.58. The van der Waals surface area contributed by atoms with Gasteiger partial charge in [-0.25, -0.2) is 4.79 Å². The molecule has 0 aromatic heterocycles. The van der Waals surface area contributed by atoms with Crippen LogP contribution in [0.1, 0.15) is 86.0 Å². The highest BCUT2D eigenvalue weighted by Crippen LogP contribution is 2.68. The van der Waals surface area contributed by atoms with E-state index in [0.717, 1.165) is 38.5 Å². The molecule has 0 spiro atoms. The number of hydrogen-bond acceptors (Lipinski definition) is 4. The maximum atomic E-state index is 12.4. The van der Waals surface area contributed by atoms with Gasteiger partial charge in [-0.1, -0.05) is 45.8 Å². The van der Waals surface area contributed by atoms with Crippen molar-refractivity contribution in [3.05, 3.63) is 23.8 Å². The van der Waals surface area contributed by atoms with Crippen molar-refractivity contribution in [3.63, 3.8) is 0 Å². The third-order valence-corrected chi connectivity index (χ3v) is 10.4. The number of ether oxygens (including phenoxy) is 1. The van der Waals surface area contributed by atoms with Crippen LogP contribution in [0, 0.1) is 46.3 Å². The van der Waals surface area contributed by atoms with E-state index in [4.69, 9.17) is 4.74 Å². The first-order valence-corrected chi connectivity index (χ1v) is 13.4. The lowest BCUT2D eigenvalue weighted by molar-refractivity contribution is -0.137. The monoisotopic (exact) mass is 456 g/mol. The van der Waals surface area contributed by atoms with Crippen molar-refractivity contribution in [1.29, 1.82) is 0 Å². The first-order valence-electron chi connectivity index (χ1n) is 13.4. The second-order valence-corrected chi connectivity index (χ2v) is 11.9. The van der Waals surface area contributed by atoms with Gasteiger partial charge >= 0.3 is 5.97 Å². The SMILES string of the molecule is CCC[C@H]1C2=CC(=O)CC[C@]2(C)C2CC[C@@]3(C)C(CCC3[C@H](C)/C=C/C(=O)OCC)C2[C@@H]1O. The topological polar surface area (TPSA) is 63.6 Å². The molecule has 4 aliphatic carbocycles. The third-order valence-electron chi connectivity index (χ3n) is 10.4. The average molecular weight is 457 g/mol. The highest BCUT2D eigenvalue weighted by molar-refractivity contribution is 5.91. The highest BCUT2D eigenvalue weighted by atomic mass is 16.5. The second-order valence-electron chi connectivity index (χ2n) is 11.9. The molecular weight excluding hydrogens is 412 g/mol. The number of aliphatic hydroxyl groups is 1. The van der Waals surface area contributed by atoms with Crippen LogP contribution in [0.3, 0.4) is 0 Å². The van der Waals surface area contributed by atoms with Gasteiger partial charge in [0.05, 0.1) is 12.7 Å². The summed E-state index contributed by atoms with van der Waals surface area (Å²) in [6.45, 7) is 11.5. The molecule has 33 heavy (non-hydrogen) atoms. The summed E-state index contributed by atoms with van der Waals surface area (Å²) < 4.78 is 5.09. The maximum Gasteiger partial charge on any atom is 0.330 e. The molecule has 0 saturated heterocycles. The number of ketones is 1. The normalized spacial score (nSPS) is 43.5. The summed E-state index contributed by atoms with van der Waals surface area (Å²) in [7, 11) is 0. The van der Waals surface area contributed by atoms with Gasteiger partial charge in [0.15, 0.2) is 5.78 Å². The molecule has 0 aliphatic heterocycles.